The lowest BCUT2D eigenvalue weighted by Gasteiger charge is -2.43. The summed E-state index contributed by atoms with van der Waals surface area (Å²) < 4.78 is 0. The molecule has 2 nitrogen and oxygen atoms in total. The molecule has 1 aliphatic carbocycles. The van der Waals surface area contributed by atoms with E-state index in [1.165, 1.54) is 16.9 Å². The lowest BCUT2D eigenvalue weighted by molar-refractivity contribution is -0.124. The second kappa shape index (κ2) is 6.44. The third kappa shape index (κ3) is 3.35. The van der Waals surface area contributed by atoms with E-state index in [-0.39, 0.29) is 11.4 Å². The van der Waals surface area contributed by atoms with Gasteiger partial charge in [-0.3, -0.25) is 4.79 Å². The van der Waals surface area contributed by atoms with E-state index in [0.717, 1.165) is 25.7 Å². The fourth-order valence-corrected chi connectivity index (χ4v) is 3.73. The Kier molecular flexibility index (Phi) is 4.39. The summed E-state index contributed by atoms with van der Waals surface area (Å²) in [5, 5.41) is 5.38. The molecule has 0 radical (unpaired) electrons. The van der Waals surface area contributed by atoms with Crippen LogP contribution >= 0.6 is 11.3 Å². The van der Waals surface area contributed by atoms with Gasteiger partial charge in [0.15, 0.2) is 0 Å². The fourth-order valence-electron chi connectivity index (χ4n) is 2.98. The molecule has 1 aliphatic rings. The quantitative estimate of drug-likeness (QED) is 0.848. The minimum absolute atomic E-state index is 0.0960. The van der Waals surface area contributed by atoms with Crippen LogP contribution < -0.4 is 5.32 Å². The van der Waals surface area contributed by atoms with Gasteiger partial charge in [-0.2, -0.15) is 0 Å². The van der Waals surface area contributed by atoms with Crippen LogP contribution in [0.5, 0.6) is 0 Å². The lowest BCUT2D eigenvalue weighted by atomic mass is 9.71. The Balaban J connectivity index is 1.53. The number of benzene rings is 1. The van der Waals surface area contributed by atoms with Crippen molar-refractivity contribution in [1.29, 1.82) is 0 Å². The molecule has 0 atom stereocenters. The maximum atomic E-state index is 12.2. The molecule has 0 spiro atoms. The normalized spacial score (nSPS) is 16.2. The highest BCUT2D eigenvalue weighted by Crippen LogP contribution is 2.41. The standard InChI is InChI=1S/C18H21NOS/c20-17(11-4-9-16-10-5-14-21-16)19-18(12-6-13-18)15-7-2-1-3-8-15/h1-3,5,7-8,10,14H,4,6,9,11-13H2,(H,19,20). The summed E-state index contributed by atoms with van der Waals surface area (Å²) in [7, 11) is 0. The van der Waals surface area contributed by atoms with Crippen molar-refractivity contribution >= 4 is 17.2 Å². The first-order chi connectivity index (χ1) is 10.3. The van der Waals surface area contributed by atoms with Gasteiger partial charge in [0.2, 0.25) is 5.91 Å². The first kappa shape index (κ1) is 14.3. The van der Waals surface area contributed by atoms with Crippen LogP contribution in [0.15, 0.2) is 47.8 Å². The zero-order chi connectivity index (χ0) is 14.5. The molecular weight excluding hydrogens is 278 g/mol. The summed E-state index contributed by atoms with van der Waals surface area (Å²) in [5.41, 5.74) is 1.16. The van der Waals surface area contributed by atoms with Crippen molar-refractivity contribution in [1.82, 2.24) is 5.32 Å². The van der Waals surface area contributed by atoms with Crippen molar-refractivity contribution in [3.8, 4) is 0 Å². The van der Waals surface area contributed by atoms with Crippen LogP contribution in [0.3, 0.4) is 0 Å². The molecular formula is C18H21NOS. The topological polar surface area (TPSA) is 29.1 Å². The highest BCUT2D eigenvalue weighted by Gasteiger charge is 2.39. The number of carbonyl (C=O) groups excluding carboxylic acids is 1. The zero-order valence-electron chi connectivity index (χ0n) is 12.2. The molecule has 110 valence electrons. The van der Waals surface area contributed by atoms with Gasteiger partial charge in [-0.15, -0.1) is 11.3 Å². The van der Waals surface area contributed by atoms with Gasteiger partial charge in [-0.25, -0.2) is 0 Å². The molecule has 0 saturated heterocycles. The highest BCUT2D eigenvalue weighted by atomic mass is 32.1. The Morgan fingerprint density at radius 2 is 1.95 bits per heavy atom. The van der Waals surface area contributed by atoms with Crippen LogP contribution in [0, 0.1) is 0 Å². The third-order valence-electron chi connectivity index (χ3n) is 4.32. The average Bonchev–Trinajstić information content (AvgIpc) is 2.97. The smallest absolute Gasteiger partial charge is 0.220 e. The van der Waals surface area contributed by atoms with Gasteiger partial charge in [-0.05, 0) is 49.1 Å². The van der Waals surface area contributed by atoms with E-state index in [1.54, 1.807) is 11.3 Å². The van der Waals surface area contributed by atoms with Gasteiger partial charge < -0.3 is 5.32 Å². The van der Waals surface area contributed by atoms with Gasteiger partial charge in [0.1, 0.15) is 0 Å². The maximum Gasteiger partial charge on any atom is 0.220 e. The molecule has 0 unspecified atom stereocenters. The number of hydrogen-bond acceptors (Lipinski definition) is 2. The Labute approximate surface area is 130 Å². The van der Waals surface area contributed by atoms with Crippen LogP contribution in [0.4, 0.5) is 0 Å². The minimum Gasteiger partial charge on any atom is -0.347 e. The predicted octanol–water partition coefficient (Wildman–Crippen LogP) is 4.27. The number of thiophene rings is 1. The number of aryl methyl sites for hydroxylation is 1. The number of nitrogens with one attached hydrogen (secondary N) is 1. The fraction of sp³-hybridized carbons (Fsp3) is 0.389. The van der Waals surface area contributed by atoms with E-state index < -0.39 is 0 Å². The van der Waals surface area contributed by atoms with Gasteiger partial charge in [0.05, 0.1) is 5.54 Å². The van der Waals surface area contributed by atoms with Crippen molar-refractivity contribution in [2.45, 2.75) is 44.1 Å². The van der Waals surface area contributed by atoms with E-state index in [2.05, 4.69) is 47.1 Å². The van der Waals surface area contributed by atoms with Crippen molar-refractivity contribution in [2.75, 3.05) is 0 Å². The van der Waals surface area contributed by atoms with E-state index in [1.807, 2.05) is 6.07 Å². The number of rotatable bonds is 6. The molecule has 1 fully saturated rings. The van der Waals surface area contributed by atoms with Crippen molar-refractivity contribution in [3.05, 3.63) is 58.3 Å². The monoisotopic (exact) mass is 299 g/mol. The van der Waals surface area contributed by atoms with Crippen LogP contribution in [-0.4, -0.2) is 5.91 Å². The molecule has 1 aromatic heterocycles. The first-order valence-corrected chi connectivity index (χ1v) is 8.55. The summed E-state index contributed by atoms with van der Waals surface area (Å²) in [6, 6.07) is 14.6. The van der Waals surface area contributed by atoms with Crippen molar-refractivity contribution < 1.29 is 4.79 Å². The Morgan fingerprint density at radius 3 is 2.57 bits per heavy atom. The van der Waals surface area contributed by atoms with Gasteiger partial charge in [-0.1, -0.05) is 36.4 Å². The summed E-state index contributed by atoms with van der Waals surface area (Å²) in [4.78, 5) is 13.6. The summed E-state index contributed by atoms with van der Waals surface area (Å²) >= 11 is 1.77. The van der Waals surface area contributed by atoms with Crippen LogP contribution in [0.2, 0.25) is 0 Å². The van der Waals surface area contributed by atoms with E-state index in [9.17, 15) is 4.79 Å². The zero-order valence-corrected chi connectivity index (χ0v) is 13.0. The molecule has 0 aliphatic heterocycles. The molecule has 0 bridgehead atoms. The molecule has 1 saturated carbocycles. The molecule has 1 heterocycles. The molecule has 2 aromatic rings. The van der Waals surface area contributed by atoms with Crippen LogP contribution in [-0.2, 0) is 16.8 Å². The average molecular weight is 299 g/mol. The number of amides is 1. The molecule has 21 heavy (non-hydrogen) atoms. The summed E-state index contributed by atoms with van der Waals surface area (Å²) in [6.45, 7) is 0. The Hall–Kier alpha value is -1.61. The summed E-state index contributed by atoms with van der Waals surface area (Å²) in [5.74, 6) is 0.190. The minimum atomic E-state index is -0.0960. The summed E-state index contributed by atoms with van der Waals surface area (Å²) in [6.07, 6.45) is 5.87. The second-order valence-corrected chi connectivity index (χ2v) is 6.82. The molecule has 3 heteroatoms. The largest absolute Gasteiger partial charge is 0.347 e. The third-order valence-corrected chi connectivity index (χ3v) is 5.26. The van der Waals surface area contributed by atoms with E-state index in [4.69, 9.17) is 0 Å². The molecule has 1 amide bonds. The first-order valence-electron chi connectivity index (χ1n) is 7.67. The molecule has 1 aromatic carbocycles. The molecule has 1 N–H and O–H groups in total. The van der Waals surface area contributed by atoms with Crippen LogP contribution in [0.25, 0.3) is 0 Å². The van der Waals surface area contributed by atoms with Crippen LogP contribution in [0.1, 0.15) is 42.5 Å². The lowest BCUT2D eigenvalue weighted by Crippen LogP contribution is -2.50. The van der Waals surface area contributed by atoms with E-state index >= 15 is 0 Å². The predicted molar refractivity (Wildman–Crippen MR) is 87.4 cm³/mol. The molecule has 3 rings (SSSR count). The number of hydrogen-bond donors (Lipinski definition) is 1. The second-order valence-electron chi connectivity index (χ2n) is 5.78. The van der Waals surface area contributed by atoms with Gasteiger partial charge in [0.25, 0.3) is 0 Å². The number of carbonyl (C=O) groups is 1. The highest BCUT2D eigenvalue weighted by molar-refractivity contribution is 7.09. The van der Waals surface area contributed by atoms with Crippen molar-refractivity contribution in [3.63, 3.8) is 0 Å². The maximum absolute atomic E-state index is 12.2. The van der Waals surface area contributed by atoms with Gasteiger partial charge in [0, 0.05) is 11.3 Å². The Bertz CT molecular complexity index is 573. The SMILES string of the molecule is O=C(CCCc1cccs1)NC1(c2ccccc2)CCC1. The Morgan fingerprint density at radius 1 is 1.14 bits per heavy atom. The van der Waals surface area contributed by atoms with Crippen molar-refractivity contribution in [2.24, 2.45) is 0 Å². The van der Waals surface area contributed by atoms with E-state index in [0.29, 0.717) is 6.42 Å². The van der Waals surface area contributed by atoms with Gasteiger partial charge >= 0.3 is 0 Å².